The minimum Gasteiger partial charge on any atom is -0.435 e. The Hall–Kier alpha value is -1.83. The summed E-state index contributed by atoms with van der Waals surface area (Å²) in [6.07, 6.45) is 8.19. The molecule has 2 heteroatoms. The first-order chi connectivity index (χ1) is 9.61. The van der Waals surface area contributed by atoms with Crippen molar-refractivity contribution in [3.63, 3.8) is 0 Å². The number of rotatable bonds is 7. The van der Waals surface area contributed by atoms with Gasteiger partial charge in [0.1, 0.15) is 0 Å². The number of esters is 1. The van der Waals surface area contributed by atoms with E-state index in [0.717, 1.165) is 18.4 Å². The van der Waals surface area contributed by atoms with E-state index in [-0.39, 0.29) is 11.9 Å². The van der Waals surface area contributed by atoms with Gasteiger partial charge in [-0.1, -0.05) is 62.2 Å². The van der Waals surface area contributed by atoms with Crippen LogP contribution in [0.5, 0.6) is 0 Å². The Bertz CT molecular complexity index is 458. The Morgan fingerprint density at radius 2 is 2.00 bits per heavy atom. The predicted molar refractivity (Wildman–Crippen MR) is 83.2 cm³/mol. The van der Waals surface area contributed by atoms with E-state index in [4.69, 9.17) is 4.74 Å². The minimum atomic E-state index is -0.228. The normalized spacial score (nSPS) is 13.4. The van der Waals surface area contributed by atoms with E-state index in [0.29, 0.717) is 6.42 Å². The van der Waals surface area contributed by atoms with Crippen molar-refractivity contribution in [2.24, 2.45) is 5.92 Å². The van der Waals surface area contributed by atoms with Crippen LogP contribution >= 0.6 is 0 Å². The summed E-state index contributed by atoms with van der Waals surface area (Å²) < 4.78 is 5.11. The van der Waals surface area contributed by atoms with Crippen LogP contribution in [0.25, 0.3) is 0 Å². The lowest BCUT2D eigenvalue weighted by Crippen LogP contribution is -2.04. The maximum atomic E-state index is 11.6. The van der Waals surface area contributed by atoms with Gasteiger partial charge < -0.3 is 4.74 Å². The van der Waals surface area contributed by atoms with Crippen LogP contribution < -0.4 is 0 Å². The number of hydrogen-bond acceptors (Lipinski definition) is 2. The number of benzene rings is 1. The predicted octanol–water partition coefficient (Wildman–Crippen LogP) is 4.67. The molecular weight excluding hydrogens is 248 g/mol. The fourth-order valence-electron chi connectivity index (χ4n) is 2.03. The average Bonchev–Trinajstić information content (AvgIpc) is 2.39. The molecule has 0 bridgehead atoms. The zero-order valence-corrected chi connectivity index (χ0v) is 12.6. The van der Waals surface area contributed by atoms with Crippen LogP contribution in [-0.4, -0.2) is 5.97 Å². The number of ether oxygens (including phenoxy) is 1. The van der Waals surface area contributed by atoms with Crippen LogP contribution in [0.3, 0.4) is 0 Å². The summed E-state index contributed by atoms with van der Waals surface area (Å²) in [4.78, 5) is 11.6. The molecule has 0 amide bonds. The van der Waals surface area contributed by atoms with E-state index >= 15 is 0 Å². The highest BCUT2D eigenvalue weighted by atomic mass is 16.5. The summed E-state index contributed by atoms with van der Waals surface area (Å²) in [5.74, 6) is 0.0555. The highest BCUT2D eigenvalue weighted by molar-refractivity contribution is 5.73. The third-order valence-corrected chi connectivity index (χ3v) is 2.96. The minimum absolute atomic E-state index is 0.228. The molecule has 0 saturated heterocycles. The number of allylic oxidation sites excluding steroid dienone is 3. The monoisotopic (exact) mass is 272 g/mol. The van der Waals surface area contributed by atoms with Gasteiger partial charge in [0.05, 0.1) is 12.7 Å². The van der Waals surface area contributed by atoms with Gasteiger partial charge in [-0.25, -0.2) is 0 Å². The third kappa shape index (κ3) is 6.93. The van der Waals surface area contributed by atoms with Crippen LogP contribution in [0.15, 0.2) is 54.3 Å². The van der Waals surface area contributed by atoms with E-state index in [2.05, 4.69) is 26.8 Å². The molecule has 108 valence electrons. The summed E-state index contributed by atoms with van der Waals surface area (Å²) >= 11 is 0. The number of hydrogen-bond donors (Lipinski definition) is 0. The molecule has 2 nitrogen and oxygen atoms in total. The fourth-order valence-corrected chi connectivity index (χ4v) is 2.03. The molecule has 1 unspecified atom stereocenters. The second-order valence-electron chi connectivity index (χ2n) is 5.10. The van der Waals surface area contributed by atoms with Gasteiger partial charge in [0.2, 0.25) is 0 Å². The summed E-state index contributed by atoms with van der Waals surface area (Å²) in [6.45, 7) is 6.39. The molecule has 0 aromatic heterocycles. The van der Waals surface area contributed by atoms with Crippen molar-refractivity contribution in [1.82, 2.24) is 0 Å². The SMILES string of the molecule is CCC/C(C)=C/C(C)/C=C/OC(=O)Cc1ccccc1. The molecule has 0 spiro atoms. The van der Waals surface area contributed by atoms with Crippen molar-refractivity contribution in [2.45, 2.75) is 40.0 Å². The summed E-state index contributed by atoms with van der Waals surface area (Å²) in [5.41, 5.74) is 2.35. The van der Waals surface area contributed by atoms with Gasteiger partial charge in [-0.15, -0.1) is 0 Å². The molecule has 1 aromatic carbocycles. The lowest BCUT2D eigenvalue weighted by molar-refractivity contribution is -0.137. The second-order valence-corrected chi connectivity index (χ2v) is 5.10. The van der Waals surface area contributed by atoms with E-state index in [1.165, 1.54) is 11.8 Å². The van der Waals surface area contributed by atoms with Gasteiger partial charge in [0.25, 0.3) is 0 Å². The molecule has 0 N–H and O–H groups in total. The molecule has 0 heterocycles. The van der Waals surface area contributed by atoms with Crippen LogP contribution in [0.1, 0.15) is 39.2 Å². The Morgan fingerprint density at radius 1 is 1.30 bits per heavy atom. The molecule has 1 rings (SSSR count). The maximum absolute atomic E-state index is 11.6. The Labute approximate surface area is 122 Å². The Balaban J connectivity index is 2.37. The van der Waals surface area contributed by atoms with Crippen LogP contribution in [0.4, 0.5) is 0 Å². The summed E-state index contributed by atoms with van der Waals surface area (Å²) in [7, 11) is 0. The summed E-state index contributed by atoms with van der Waals surface area (Å²) in [6, 6.07) is 9.61. The van der Waals surface area contributed by atoms with Crippen LogP contribution in [0, 0.1) is 5.92 Å². The Morgan fingerprint density at radius 3 is 2.65 bits per heavy atom. The fraction of sp³-hybridized carbons (Fsp3) is 0.389. The lowest BCUT2D eigenvalue weighted by atomic mass is 10.1. The molecule has 0 radical (unpaired) electrons. The number of carbonyl (C=O) groups is 1. The highest BCUT2D eigenvalue weighted by Crippen LogP contribution is 2.09. The largest absolute Gasteiger partial charge is 0.435 e. The zero-order chi connectivity index (χ0) is 14.8. The van der Waals surface area contributed by atoms with E-state index in [1.54, 1.807) is 0 Å². The van der Waals surface area contributed by atoms with Gasteiger partial charge in [0.15, 0.2) is 0 Å². The second kappa shape index (κ2) is 9.13. The third-order valence-electron chi connectivity index (χ3n) is 2.96. The van der Waals surface area contributed by atoms with Gasteiger partial charge in [-0.3, -0.25) is 4.79 Å². The van der Waals surface area contributed by atoms with E-state index < -0.39 is 0 Å². The highest BCUT2D eigenvalue weighted by Gasteiger charge is 2.02. The van der Waals surface area contributed by atoms with E-state index in [9.17, 15) is 4.79 Å². The molecule has 0 aliphatic carbocycles. The first-order valence-corrected chi connectivity index (χ1v) is 7.19. The molecular formula is C18H24O2. The quantitative estimate of drug-likeness (QED) is 0.409. The van der Waals surface area contributed by atoms with Gasteiger partial charge in [-0.2, -0.15) is 0 Å². The van der Waals surface area contributed by atoms with Crippen molar-refractivity contribution in [3.05, 3.63) is 59.9 Å². The van der Waals surface area contributed by atoms with Crippen molar-refractivity contribution in [3.8, 4) is 0 Å². The van der Waals surface area contributed by atoms with Crippen LogP contribution in [-0.2, 0) is 16.0 Å². The van der Waals surface area contributed by atoms with Crippen molar-refractivity contribution >= 4 is 5.97 Å². The van der Waals surface area contributed by atoms with Crippen molar-refractivity contribution < 1.29 is 9.53 Å². The Kier molecular flexibility index (Phi) is 7.41. The first kappa shape index (κ1) is 16.2. The van der Waals surface area contributed by atoms with Gasteiger partial charge >= 0.3 is 5.97 Å². The first-order valence-electron chi connectivity index (χ1n) is 7.19. The molecule has 1 aromatic rings. The molecule has 0 fully saturated rings. The smallest absolute Gasteiger partial charge is 0.315 e. The molecule has 20 heavy (non-hydrogen) atoms. The number of carbonyl (C=O) groups excluding carboxylic acids is 1. The summed E-state index contributed by atoms with van der Waals surface area (Å²) in [5, 5.41) is 0. The zero-order valence-electron chi connectivity index (χ0n) is 12.6. The standard InChI is InChI=1S/C18H24O2/c1-4-8-15(2)13-16(3)11-12-20-18(19)14-17-9-6-5-7-10-17/h5-7,9-13,16H,4,8,14H2,1-3H3/b12-11+,15-13+. The molecule has 0 aliphatic rings. The van der Waals surface area contributed by atoms with Gasteiger partial charge in [-0.05, 0) is 30.9 Å². The molecule has 0 saturated carbocycles. The van der Waals surface area contributed by atoms with E-state index in [1.807, 2.05) is 36.4 Å². The van der Waals surface area contributed by atoms with Crippen LogP contribution in [0.2, 0.25) is 0 Å². The topological polar surface area (TPSA) is 26.3 Å². The molecule has 1 atom stereocenters. The maximum Gasteiger partial charge on any atom is 0.315 e. The van der Waals surface area contributed by atoms with Crippen molar-refractivity contribution in [2.75, 3.05) is 0 Å². The molecule has 0 aliphatic heterocycles. The van der Waals surface area contributed by atoms with Crippen molar-refractivity contribution in [1.29, 1.82) is 0 Å². The lowest BCUT2D eigenvalue weighted by Gasteiger charge is -2.03. The average molecular weight is 272 g/mol. The van der Waals surface area contributed by atoms with Gasteiger partial charge in [0, 0.05) is 0 Å².